The maximum atomic E-state index is 13.4. The van der Waals surface area contributed by atoms with Crippen LogP contribution in [0.15, 0.2) is 0 Å². The van der Waals surface area contributed by atoms with Gasteiger partial charge in [-0.3, -0.25) is 14.9 Å². The molecule has 292 valence electrons. The van der Waals surface area contributed by atoms with Gasteiger partial charge in [0.15, 0.2) is 12.5 Å². The second-order valence-electron chi connectivity index (χ2n) is 18.3. The normalized spacial score (nSPS) is 21.2. The minimum atomic E-state index is -0.424. The van der Waals surface area contributed by atoms with E-state index >= 15 is 0 Å². The largest absolute Gasteiger partial charge is 0.479 e. The Bertz CT molecular complexity index is 1150. The van der Waals surface area contributed by atoms with E-state index in [1.807, 2.05) is 20.8 Å². The van der Waals surface area contributed by atoms with Gasteiger partial charge in [0, 0.05) is 36.4 Å². The van der Waals surface area contributed by atoms with E-state index in [2.05, 4.69) is 100 Å². The number of nitrogens with one attached hydrogen (secondary N) is 1. The molecule has 2 aliphatic rings. The smallest absolute Gasteiger partial charge is 0.309 e. The highest BCUT2D eigenvalue weighted by molar-refractivity contribution is 8.23. The summed E-state index contributed by atoms with van der Waals surface area (Å²) in [6, 6.07) is -0.155. The highest BCUT2D eigenvalue weighted by atomic mass is 32.2. The fourth-order valence-electron chi connectivity index (χ4n) is 6.66. The molecule has 2 saturated heterocycles. The van der Waals surface area contributed by atoms with Crippen LogP contribution in [0.2, 0.25) is 0 Å². The average molecular weight is 745 g/mol. The maximum Gasteiger partial charge on any atom is 0.309 e. The van der Waals surface area contributed by atoms with Crippen LogP contribution in [0.5, 0.6) is 0 Å². The second-order valence-corrected chi connectivity index (χ2v) is 20.6. The van der Waals surface area contributed by atoms with Gasteiger partial charge >= 0.3 is 5.97 Å². The van der Waals surface area contributed by atoms with Gasteiger partial charge in [-0.25, -0.2) is 0 Å². The summed E-state index contributed by atoms with van der Waals surface area (Å²) in [5, 5.41) is 3.82. The number of esters is 1. The van der Waals surface area contributed by atoms with E-state index in [9.17, 15) is 9.59 Å². The third-order valence-electron chi connectivity index (χ3n) is 11.2. The lowest BCUT2D eigenvalue weighted by Crippen LogP contribution is -2.57. The molecule has 0 bridgehead atoms. The standard InChI is InChI=1S/C39H72N2O7S2/c1-17-44-31(43)26(3)35(7,8)25-28(41-22-19-20-29(41)42)38(13,14)36(9,10)24-27(39(15,16)50-33(49)45-18-2)40-30-32(47-30)48-37(11,12)21-23-46-34(4,5)6/h26-28,30,32,40H,17-25H2,1-16H3. The summed E-state index contributed by atoms with van der Waals surface area (Å²) in [5.74, 6) is -0.326. The number of amides is 1. The molecule has 2 fully saturated rings. The number of epoxide rings is 1. The first kappa shape index (κ1) is 45.2. The van der Waals surface area contributed by atoms with E-state index in [1.54, 1.807) is 11.8 Å². The molecule has 0 aromatic heterocycles. The van der Waals surface area contributed by atoms with Gasteiger partial charge in [0.2, 0.25) is 10.3 Å². The van der Waals surface area contributed by atoms with Gasteiger partial charge in [0.25, 0.3) is 0 Å². The molecule has 0 spiro atoms. The number of thiocarbonyl (C=S) groups is 1. The molecule has 0 aromatic carbocycles. The van der Waals surface area contributed by atoms with Gasteiger partial charge in [-0.15, -0.1) is 0 Å². The van der Waals surface area contributed by atoms with E-state index in [-0.39, 0.29) is 63.6 Å². The van der Waals surface area contributed by atoms with Crippen LogP contribution in [0, 0.1) is 22.2 Å². The van der Waals surface area contributed by atoms with Crippen LogP contribution in [-0.4, -0.2) is 88.1 Å². The van der Waals surface area contributed by atoms with Gasteiger partial charge in [0.1, 0.15) is 0 Å². The zero-order valence-electron chi connectivity index (χ0n) is 34.4. The van der Waals surface area contributed by atoms with Crippen LogP contribution < -0.4 is 5.32 Å². The predicted octanol–water partition coefficient (Wildman–Crippen LogP) is 8.51. The predicted molar refractivity (Wildman–Crippen MR) is 208 cm³/mol. The molecular formula is C39H72N2O7S2. The Morgan fingerprint density at radius 3 is 2.10 bits per heavy atom. The molecule has 0 radical (unpaired) electrons. The summed E-state index contributed by atoms with van der Waals surface area (Å²) in [6.45, 7) is 36.1. The topological polar surface area (TPSA) is 98.9 Å². The van der Waals surface area contributed by atoms with Gasteiger partial charge in [-0.2, -0.15) is 0 Å². The Hall–Kier alpha value is -0.980. The van der Waals surface area contributed by atoms with Crippen LogP contribution >= 0.6 is 24.0 Å². The van der Waals surface area contributed by atoms with E-state index in [0.717, 1.165) is 25.8 Å². The van der Waals surface area contributed by atoms with Crippen molar-refractivity contribution >= 4 is 40.2 Å². The van der Waals surface area contributed by atoms with Crippen LogP contribution in [0.4, 0.5) is 0 Å². The zero-order valence-corrected chi connectivity index (χ0v) is 36.0. The van der Waals surface area contributed by atoms with E-state index in [0.29, 0.717) is 37.0 Å². The number of carbonyl (C=O) groups is 2. The van der Waals surface area contributed by atoms with Crippen molar-refractivity contribution in [2.45, 2.75) is 183 Å². The lowest BCUT2D eigenvalue weighted by Gasteiger charge is -2.54. The molecule has 50 heavy (non-hydrogen) atoms. The minimum Gasteiger partial charge on any atom is -0.479 e. The van der Waals surface area contributed by atoms with Gasteiger partial charge in [-0.05, 0) is 116 Å². The Kier molecular flexibility index (Phi) is 15.8. The molecule has 2 rings (SSSR count). The molecule has 1 N–H and O–H groups in total. The van der Waals surface area contributed by atoms with Crippen molar-refractivity contribution < 1.29 is 33.3 Å². The Labute approximate surface area is 314 Å². The Morgan fingerprint density at radius 1 is 0.980 bits per heavy atom. The number of rotatable bonds is 20. The van der Waals surface area contributed by atoms with Crippen molar-refractivity contribution in [2.75, 3.05) is 26.4 Å². The number of likely N-dealkylation sites (tertiary alicyclic amines) is 1. The van der Waals surface area contributed by atoms with Gasteiger partial charge in [0.05, 0.1) is 30.3 Å². The van der Waals surface area contributed by atoms with Crippen molar-refractivity contribution in [1.29, 1.82) is 0 Å². The highest BCUT2D eigenvalue weighted by Gasteiger charge is 2.54. The summed E-state index contributed by atoms with van der Waals surface area (Å²) < 4.78 is 29.8. The summed E-state index contributed by atoms with van der Waals surface area (Å²) in [7, 11) is 0. The fourth-order valence-corrected chi connectivity index (χ4v) is 8.32. The van der Waals surface area contributed by atoms with Crippen LogP contribution in [0.25, 0.3) is 0 Å². The Morgan fingerprint density at radius 2 is 1.58 bits per heavy atom. The lowest BCUT2D eigenvalue weighted by atomic mass is 9.57. The first-order chi connectivity index (χ1) is 22.7. The summed E-state index contributed by atoms with van der Waals surface area (Å²) in [4.78, 5) is 28.5. The number of ether oxygens (including phenoxy) is 5. The molecule has 0 saturated carbocycles. The van der Waals surface area contributed by atoms with Gasteiger partial charge < -0.3 is 28.6 Å². The van der Waals surface area contributed by atoms with Crippen LogP contribution in [0.1, 0.15) is 143 Å². The molecular weight excluding hydrogens is 673 g/mol. The molecule has 1 amide bonds. The van der Waals surface area contributed by atoms with Crippen LogP contribution in [-0.2, 0) is 33.3 Å². The first-order valence-corrected chi connectivity index (χ1v) is 20.0. The first-order valence-electron chi connectivity index (χ1n) is 18.7. The molecule has 11 heteroatoms. The second kappa shape index (κ2) is 17.4. The lowest BCUT2D eigenvalue weighted by molar-refractivity contribution is -0.153. The van der Waals surface area contributed by atoms with Crippen molar-refractivity contribution in [1.82, 2.24) is 10.2 Å². The average Bonchev–Trinajstić information content (AvgIpc) is 3.52. The Balaban J connectivity index is 2.39. The van der Waals surface area contributed by atoms with E-state index in [1.165, 1.54) is 0 Å². The quantitative estimate of drug-likeness (QED) is 0.0743. The number of nitrogens with zero attached hydrogens (tertiary/aromatic N) is 1. The SMILES string of the molecule is CCOC(=O)C(C)C(C)(C)CC(N1CCCC1=O)C(C)(C)C(C)(C)CC(NC1OC1OC(C)(C)CCOC(C)(C)C)C(C)(C)SC(=S)OCC. The number of hydrogen-bond donors (Lipinski definition) is 1. The molecule has 2 heterocycles. The monoisotopic (exact) mass is 744 g/mol. The third kappa shape index (κ3) is 12.9. The van der Waals surface area contributed by atoms with Crippen molar-refractivity contribution in [3.8, 4) is 0 Å². The van der Waals surface area contributed by atoms with E-state index < -0.39 is 11.0 Å². The molecule has 9 nitrogen and oxygen atoms in total. The summed E-state index contributed by atoms with van der Waals surface area (Å²) >= 11 is 7.20. The number of thioether (sulfide) groups is 1. The fraction of sp³-hybridized carbons (Fsp3) is 0.923. The van der Waals surface area contributed by atoms with Crippen molar-refractivity contribution in [3.05, 3.63) is 0 Å². The molecule has 5 atom stereocenters. The van der Waals surface area contributed by atoms with Gasteiger partial charge in [-0.1, -0.05) is 60.2 Å². The number of hydrogen-bond acceptors (Lipinski definition) is 10. The van der Waals surface area contributed by atoms with Crippen molar-refractivity contribution in [2.24, 2.45) is 22.2 Å². The highest BCUT2D eigenvalue weighted by Crippen LogP contribution is 2.52. The molecule has 5 unspecified atom stereocenters. The molecule has 0 aromatic rings. The molecule has 0 aliphatic carbocycles. The summed E-state index contributed by atoms with van der Waals surface area (Å²) in [6.07, 6.45) is 2.93. The molecule has 2 aliphatic heterocycles. The van der Waals surface area contributed by atoms with Crippen LogP contribution in [0.3, 0.4) is 0 Å². The maximum absolute atomic E-state index is 13.4. The third-order valence-corrected chi connectivity index (χ3v) is 12.7. The number of carbonyl (C=O) groups excluding carboxylic acids is 2. The van der Waals surface area contributed by atoms with E-state index in [4.69, 9.17) is 35.9 Å². The van der Waals surface area contributed by atoms with Crippen molar-refractivity contribution in [3.63, 3.8) is 0 Å². The minimum absolute atomic E-state index is 0.0625. The zero-order chi connectivity index (χ0) is 38.5. The summed E-state index contributed by atoms with van der Waals surface area (Å²) in [5.41, 5.74) is -1.67.